The summed E-state index contributed by atoms with van der Waals surface area (Å²) in [4.78, 5) is 12.0. The zero-order chi connectivity index (χ0) is 17.2. The number of carbonyl (C=O) groups excluding carboxylic acids is 1. The minimum Gasteiger partial charge on any atom is -0.308 e. The molecule has 0 aliphatic heterocycles. The standard InChI is InChI=1S/C16H14ClF3N2O/c1-9-4-3-5-10(2)14(9)22-15(23)21-11-6-7-13(17)12(8-11)16(18,19)20/h3-8H,1-2H3,(H2,21,22,23). The summed E-state index contributed by atoms with van der Waals surface area (Å²) in [5.41, 5.74) is 1.34. The SMILES string of the molecule is Cc1cccc(C)c1NC(=O)Nc1ccc(Cl)c(C(F)(F)F)c1. The lowest BCUT2D eigenvalue weighted by Gasteiger charge is -2.14. The molecule has 0 fully saturated rings. The summed E-state index contributed by atoms with van der Waals surface area (Å²) < 4.78 is 38.4. The largest absolute Gasteiger partial charge is 0.417 e. The maximum atomic E-state index is 12.8. The van der Waals surface area contributed by atoms with Crippen molar-refractivity contribution in [1.29, 1.82) is 0 Å². The summed E-state index contributed by atoms with van der Waals surface area (Å²) in [7, 11) is 0. The van der Waals surface area contributed by atoms with Gasteiger partial charge in [0.05, 0.1) is 10.6 Å². The average molecular weight is 343 g/mol. The van der Waals surface area contributed by atoms with Gasteiger partial charge in [-0.15, -0.1) is 0 Å². The van der Waals surface area contributed by atoms with Crippen molar-refractivity contribution in [3.05, 3.63) is 58.1 Å². The monoisotopic (exact) mass is 342 g/mol. The van der Waals surface area contributed by atoms with Crippen LogP contribution in [0.5, 0.6) is 0 Å². The fraction of sp³-hybridized carbons (Fsp3) is 0.188. The molecule has 2 N–H and O–H groups in total. The molecule has 23 heavy (non-hydrogen) atoms. The number of carbonyl (C=O) groups is 1. The zero-order valence-electron chi connectivity index (χ0n) is 12.4. The number of urea groups is 1. The molecule has 0 unspecified atom stereocenters. The Morgan fingerprint density at radius 3 is 2.22 bits per heavy atom. The zero-order valence-corrected chi connectivity index (χ0v) is 13.1. The van der Waals surface area contributed by atoms with Gasteiger partial charge in [-0.3, -0.25) is 0 Å². The van der Waals surface area contributed by atoms with Gasteiger partial charge in [-0.25, -0.2) is 4.79 Å². The molecule has 0 atom stereocenters. The molecule has 0 radical (unpaired) electrons. The van der Waals surface area contributed by atoms with Crippen molar-refractivity contribution in [2.45, 2.75) is 20.0 Å². The molecule has 0 heterocycles. The summed E-state index contributed by atoms with van der Waals surface area (Å²) in [5.74, 6) is 0. The number of hydrogen-bond acceptors (Lipinski definition) is 1. The van der Waals surface area contributed by atoms with Gasteiger partial charge < -0.3 is 10.6 Å². The molecule has 0 aliphatic rings. The van der Waals surface area contributed by atoms with E-state index in [-0.39, 0.29) is 5.69 Å². The predicted molar refractivity (Wildman–Crippen MR) is 85.0 cm³/mol. The molecule has 0 saturated heterocycles. The van der Waals surface area contributed by atoms with Crippen LogP contribution in [0.3, 0.4) is 0 Å². The first-order valence-electron chi connectivity index (χ1n) is 6.69. The predicted octanol–water partition coefficient (Wildman–Crippen LogP) is 5.62. The van der Waals surface area contributed by atoms with Gasteiger partial charge in [-0.2, -0.15) is 13.2 Å². The third-order valence-electron chi connectivity index (χ3n) is 3.25. The van der Waals surface area contributed by atoms with E-state index >= 15 is 0 Å². The van der Waals surface area contributed by atoms with Crippen LogP contribution in [0.4, 0.5) is 29.3 Å². The van der Waals surface area contributed by atoms with Crippen LogP contribution in [-0.2, 0) is 6.18 Å². The molecule has 2 amide bonds. The van der Waals surface area contributed by atoms with Crippen LogP contribution in [0.25, 0.3) is 0 Å². The number of rotatable bonds is 2. The van der Waals surface area contributed by atoms with E-state index in [2.05, 4.69) is 10.6 Å². The van der Waals surface area contributed by atoms with Crippen LogP contribution in [0.1, 0.15) is 16.7 Å². The number of aryl methyl sites for hydroxylation is 2. The fourth-order valence-electron chi connectivity index (χ4n) is 2.11. The molecule has 0 aromatic heterocycles. The van der Waals surface area contributed by atoms with E-state index in [1.165, 1.54) is 6.07 Å². The third kappa shape index (κ3) is 4.16. The highest BCUT2D eigenvalue weighted by Crippen LogP contribution is 2.36. The summed E-state index contributed by atoms with van der Waals surface area (Å²) in [6.07, 6.45) is -4.59. The second kappa shape index (κ2) is 6.50. The summed E-state index contributed by atoms with van der Waals surface area (Å²) in [6, 6.07) is 8.08. The van der Waals surface area contributed by atoms with Gasteiger partial charge in [-0.05, 0) is 43.2 Å². The quantitative estimate of drug-likeness (QED) is 0.730. The number of halogens is 4. The molecule has 0 aliphatic carbocycles. The molecular weight excluding hydrogens is 329 g/mol. The molecular formula is C16H14ClF3N2O. The maximum Gasteiger partial charge on any atom is 0.417 e. The van der Waals surface area contributed by atoms with Crippen LogP contribution in [-0.4, -0.2) is 6.03 Å². The Balaban J connectivity index is 2.18. The van der Waals surface area contributed by atoms with E-state index in [9.17, 15) is 18.0 Å². The van der Waals surface area contributed by atoms with Crippen LogP contribution >= 0.6 is 11.6 Å². The van der Waals surface area contributed by atoms with Gasteiger partial charge in [-0.1, -0.05) is 29.8 Å². The Morgan fingerprint density at radius 1 is 1.04 bits per heavy atom. The number of hydrogen-bond donors (Lipinski definition) is 2. The van der Waals surface area contributed by atoms with E-state index in [0.29, 0.717) is 5.69 Å². The molecule has 122 valence electrons. The first-order chi connectivity index (χ1) is 10.7. The Hall–Kier alpha value is -2.21. The fourth-order valence-corrected chi connectivity index (χ4v) is 2.33. The number of alkyl halides is 3. The van der Waals surface area contributed by atoms with E-state index in [4.69, 9.17) is 11.6 Å². The van der Waals surface area contributed by atoms with Crippen molar-refractivity contribution in [3.8, 4) is 0 Å². The lowest BCUT2D eigenvalue weighted by atomic mass is 10.1. The molecule has 2 aromatic rings. The molecule has 3 nitrogen and oxygen atoms in total. The minimum absolute atomic E-state index is 0.00506. The first-order valence-corrected chi connectivity index (χ1v) is 7.07. The number of nitrogens with one attached hydrogen (secondary N) is 2. The van der Waals surface area contributed by atoms with E-state index in [0.717, 1.165) is 23.3 Å². The maximum absolute atomic E-state index is 12.8. The van der Waals surface area contributed by atoms with Crippen LogP contribution in [0.2, 0.25) is 5.02 Å². The second-order valence-corrected chi connectivity index (χ2v) is 5.45. The normalized spacial score (nSPS) is 11.2. The van der Waals surface area contributed by atoms with Gasteiger partial charge >= 0.3 is 12.2 Å². The highest BCUT2D eigenvalue weighted by molar-refractivity contribution is 6.31. The van der Waals surface area contributed by atoms with Crippen molar-refractivity contribution in [2.75, 3.05) is 10.6 Å². The van der Waals surface area contributed by atoms with Crippen LogP contribution in [0, 0.1) is 13.8 Å². The molecule has 2 rings (SSSR count). The molecule has 0 bridgehead atoms. The lowest BCUT2D eigenvalue weighted by Crippen LogP contribution is -2.21. The second-order valence-electron chi connectivity index (χ2n) is 5.04. The highest BCUT2D eigenvalue weighted by Gasteiger charge is 2.33. The van der Waals surface area contributed by atoms with E-state index in [1.54, 1.807) is 0 Å². The van der Waals surface area contributed by atoms with Crippen molar-refractivity contribution < 1.29 is 18.0 Å². The van der Waals surface area contributed by atoms with Gasteiger partial charge in [0.1, 0.15) is 0 Å². The Kier molecular flexibility index (Phi) is 4.85. The number of para-hydroxylation sites is 1. The Bertz CT molecular complexity index is 724. The van der Waals surface area contributed by atoms with Gasteiger partial charge in [0.25, 0.3) is 0 Å². The minimum atomic E-state index is -4.59. The lowest BCUT2D eigenvalue weighted by molar-refractivity contribution is -0.137. The van der Waals surface area contributed by atoms with Crippen molar-refractivity contribution in [3.63, 3.8) is 0 Å². The van der Waals surface area contributed by atoms with Crippen LogP contribution < -0.4 is 10.6 Å². The Morgan fingerprint density at radius 2 is 1.65 bits per heavy atom. The topological polar surface area (TPSA) is 41.1 Å². The van der Waals surface area contributed by atoms with E-state index in [1.807, 2.05) is 32.0 Å². The van der Waals surface area contributed by atoms with Gasteiger partial charge in [0.2, 0.25) is 0 Å². The number of amides is 2. The van der Waals surface area contributed by atoms with Crippen molar-refractivity contribution in [1.82, 2.24) is 0 Å². The summed E-state index contributed by atoms with van der Waals surface area (Å²) >= 11 is 5.54. The van der Waals surface area contributed by atoms with E-state index < -0.39 is 22.8 Å². The number of anilines is 2. The highest BCUT2D eigenvalue weighted by atomic mass is 35.5. The molecule has 0 saturated carbocycles. The first kappa shape index (κ1) is 17.1. The smallest absolute Gasteiger partial charge is 0.308 e. The molecule has 7 heteroatoms. The van der Waals surface area contributed by atoms with Gasteiger partial charge in [0.15, 0.2) is 0 Å². The van der Waals surface area contributed by atoms with Crippen LogP contribution in [0.15, 0.2) is 36.4 Å². The summed E-state index contributed by atoms with van der Waals surface area (Å²) in [5, 5.41) is 4.59. The average Bonchev–Trinajstić information content (AvgIpc) is 2.44. The van der Waals surface area contributed by atoms with Crippen molar-refractivity contribution >= 4 is 29.0 Å². The van der Waals surface area contributed by atoms with Gasteiger partial charge in [0, 0.05) is 11.4 Å². The molecule has 2 aromatic carbocycles. The van der Waals surface area contributed by atoms with Crippen molar-refractivity contribution in [2.24, 2.45) is 0 Å². The summed E-state index contributed by atoms with van der Waals surface area (Å²) in [6.45, 7) is 3.65. The molecule has 0 spiro atoms. The number of benzene rings is 2. The Labute approximate surface area is 136 Å². The third-order valence-corrected chi connectivity index (χ3v) is 3.58.